The molecule has 31 heavy (non-hydrogen) atoms. The predicted octanol–water partition coefficient (Wildman–Crippen LogP) is 3.95. The Labute approximate surface area is 184 Å². The molecule has 1 atom stereocenters. The van der Waals surface area contributed by atoms with Crippen LogP contribution in [0.4, 0.5) is 5.69 Å². The van der Waals surface area contributed by atoms with E-state index in [1.54, 1.807) is 4.90 Å². The molecule has 2 amide bonds. The molecular formula is C26H30N2O3. The Kier molecular flexibility index (Phi) is 9.02. The quantitative estimate of drug-likeness (QED) is 0.712. The number of hydrogen-bond acceptors (Lipinski definition) is 3. The smallest absolute Gasteiger partial charge is 0.227 e. The summed E-state index contributed by atoms with van der Waals surface area (Å²) >= 11 is 0. The molecule has 5 heteroatoms. The molecule has 162 valence electrons. The first-order chi connectivity index (χ1) is 14.8. The van der Waals surface area contributed by atoms with Gasteiger partial charge < -0.3 is 10.2 Å². The van der Waals surface area contributed by atoms with E-state index in [1.165, 1.54) is 6.92 Å². The SMILES string of the molecule is C=C1C#Cc2ccccc2N(C(=O)CCC(=O)N[C@H](C(C)=O)C(C)C)CC/C=C\C=C1. The first-order valence-electron chi connectivity index (χ1n) is 10.5. The number of para-hydroxylation sites is 1. The molecule has 0 saturated carbocycles. The molecule has 0 aromatic heterocycles. The number of allylic oxidation sites excluding steroid dienone is 4. The van der Waals surface area contributed by atoms with Gasteiger partial charge >= 0.3 is 0 Å². The summed E-state index contributed by atoms with van der Waals surface area (Å²) in [6, 6.07) is 6.94. The summed E-state index contributed by atoms with van der Waals surface area (Å²) in [7, 11) is 0. The first-order valence-corrected chi connectivity index (χ1v) is 10.5. The minimum Gasteiger partial charge on any atom is -0.346 e. The van der Waals surface area contributed by atoms with Gasteiger partial charge in [0.25, 0.3) is 0 Å². The van der Waals surface area contributed by atoms with Gasteiger partial charge in [-0.15, -0.1) is 0 Å². The molecule has 0 radical (unpaired) electrons. The molecular weight excluding hydrogens is 388 g/mol. The van der Waals surface area contributed by atoms with Crippen LogP contribution in [-0.4, -0.2) is 30.2 Å². The lowest BCUT2D eigenvalue weighted by Gasteiger charge is -2.24. The Balaban J connectivity index is 2.18. The number of nitrogens with zero attached hydrogens (tertiary/aromatic N) is 1. The molecule has 0 unspecified atom stereocenters. The predicted molar refractivity (Wildman–Crippen MR) is 124 cm³/mol. The zero-order valence-electron chi connectivity index (χ0n) is 18.5. The van der Waals surface area contributed by atoms with Crippen LogP contribution in [0.3, 0.4) is 0 Å². The zero-order chi connectivity index (χ0) is 22.8. The van der Waals surface area contributed by atoms with Gasteiger partial charge in [-0.05, 0) is 37.5 Å². The van der Waals surface area contributed by atoms with Crippen LogP contribution < -0.4 is 10.2 Å². The lowest BCUT2D eigenvalue weighted by molar-refractivity contribution is -0.129. The summed E-state index contributed by atoms with van der Waals surface area (Å²) in [6.07, 6.45) is 8.35. The van der Waals surface area contributed by atoms with Crippen molar-refractivity contribution in [3.63, 3.8) is 0 Å². The van der Waals surface area contributed by atoms with Gasteiger partial charge in [-0.1, -0.05) is 62.6 Å². The molecule has 1 aliphatic rings. The van der Waals surface area contributed by atoms with E-state index in [1.807, 2.05) is 62.4 Å². The Morgan fingerprint density at radius 1 is 1.13 bits per heavy atom. The number of fused-ring (bicyclic) bond motifs is 1. The van der Waals surface area contributed by atoms with Crippen molar-refractivity contribution in [1.82, 2.24) is 5.32 Å². The van der Waals surface area contributed by atoms with Gasteiger partial charge in [0.15, 0.2) is 5.78 Å². The fourth-order valence-electron chi connectivity index (χ4n) is 3.27. The summed E-state index contributed by atoms with van der Waals surface area (Å²) in [4.78, 5) is 38.8. The van der Waals surface area contributed by atoms with Crippen LogP contribution in [0.1, 0.15) is 45.6 Å². The van der Waals surface area contributed by atoms with E-state index < -0.39 is 6.04 Å². The first kappa shape index (κ1) is 23.9. The number of Topliss-reactive ketones (excluding diaryl/α,β-unsaturated/α-hetero) is 1. The molecule has 1 heterocycles. The fourth-order valence-corrected chi connectivity index (χ4v) is 3.27. The van der Waals surface area contributed by atoms with Gasteiger partial charge in [-0.25, -0.2) is 0 Å². The number of carbonyl (C=O) groups is 3. The lowest BCUT2D eigenvalue weighted by atomic mass is 10.0. The highest BCUT2D eigenvalue weighted by Crippen LogP contribution is 2.22. The van der Waals surface area contributed by atoms with E-state index in [4.69, 9.17) is 0 Å². The molecule has 1 aromatic rings. The van der Waals surface area contributed by atoms with Crippen LogP contribution in [0.2, 0.25) is 0 Å². The van der Waals surface area contributed by atoms with E-state index in [0.29, 0.717) is 18.5 Å². The Hall–Kier alpha value is -3.39. The number of benzene rings is 1. The third-order valence-corrected chi connectivity index (χ3v) is 4.90. The summed E-state index contributed by atoms with van der Waals surface area (Å²) in [5, 5.41) is 2.74. The number of anilines is 1. The maximum atomic E-state index is 13.1. The molecule has 2 rings (SSSR count). The van der Waals surface area contributed by atoms with E-state index in [9.17, 15) is 14.4 Å². The summed E-state index contributed by atoms with van der Waals surface area (Å²) < 4.78 is 0. The van der Waals surface area contributed by atoms with Crippen LogP contribution in [0.5, 0.6) is 0 Å². The van der Waals surface area contributed by atoms with Crippen molar-refractivity contribution >= 4 is 23.3 Å². The highest BCUT2D eigenvalue weighted by molar-refractivity contribution is 5.97. The van der Waals surface area contributed by atoms with E-state index >= 15 is 0 Å². The average Bonchev–Trinajstić information content (AvgIpc) is 2.72. The van der Waals surface area contributed by atoms with Crippen molar-refractivity contribution in [2.75, 3.05) is 11.4 Å². The van der Waals surface area contributed by atoms with Crippen LogP contribution in [0.15, 0.2) is 60.7 Å². The molecule has 5 nitrogen and oxygen atoms in total. The minimum atomic E-state index is -0.536. The number of hydrogen-bond donors (Lipinski definition) is 1. The van der Waals surface area contributed by atoms with Crippen molar-refractivity contribution in [2.24, 2.45) is 5.92 Å². The molecule has 0 aliphatic carbocycles. The second kappa shape index (κ2) is 11.7. The maximum Gasteiger partial charge on any atom is 0.227 e. The molecule has 0 saturated heterocycles. The minimum absolute atomic E-state index is 0.00625. The summed E-state index contributed by atoms with van der Waals surface area (Å²) in [5.41, 5.74) is 2.13. The average molecular weight is 419 g/mol. The van der Waals surface area contributed by atoms with Crippen molar-refractivity contribution < 1.29 is 14.4 Å². The largest absolute Gasteiger partial charge is 0.346 e. The topological polar surface area (TPSA) is 66.5 Å². The Bertz CT molecular complexity index is 960. The molecule has 0 bridgehead atoms. The van der Waals surface area contributed by atoms with Crippen molar-refractivity contribution in [3.05, 3.63) is 66.3 Å². The number of rotatable bonds is 6. The van der Waals surface area contributed by atoms with Crippen molar-refractivity contribution in [1.29, 1.82) is 0 Å². The van der Waals surface area contributed by atoms with E-state index in [0.717, 1.165) is 11.3 Å². The third-order valence-electron chi connectivity index (χ3n) is 4.90. The van der Waals surface area contributed by atoms with Crippen molar-refractivity contribution in [2.45, 2.75) is 46.1 Å². The highest BCUT2D eigenvalue weighted by Gasteiger charge is 2.22. The summed E-state index contributed by atoms with van der Waals surface area (Å²) in [5.74, 6) is 5.55. The van der Waals surface area contributed by atoms with E-state index in [-0.39, 0.29) is 36.4 Å². The number of amides is 2. The highest BCUT2D eigenvalue weighted by atomic mass is 16.2. The lowest BCUT2D eigenvalue weighted by Crippen LogP contribution is -2.43. The van der Waals surface area contributed by atoms with Gasteiger partial charge in [0.2, 0.25) is 11.8 Å². The van der Waals surface area contributed by atoms with Gasteiger partial charge in [-0.3, -0.25) is 14.4 Å². The number of ketones is 1. The zero-order valence-corrected chi connectivity index (χ0v) is 18.5. The van der Waals surface area contributed by atoms with Crippen LogP contribution in [-0.2, 0) is 14.4 Å². The van der Waals surface area contributed by atoms with Crippen LogP contribution in [0, 0.1) is 17.8 Å². The standard InChI is InChI=1S/C26H30N2O3/c1-19(2)26(21(4)29)27-24(30)16-17-25(31)28-18-10-6-5-7-11-20(3)14-15-22-12-8-9-13-23(22)28/h5-9,11-13,19,26H,3,10,16-18H2,1-2,4H3,(H,27,30)/b6-5-,11-7?/t26-/m0/s1. The van der Waals surface area contributed by atoms with E-state index in [2.05, 4.69) is 23.7 Å². The molecule has 1 aromatic carbocycles. The third kappa shape index (κ3) is 7.42. The van der Waals surface area contributed by atoms with Gasteiger partial charge in [0.05, 0.1) is 11.7 Å². The monoisotopic (exact) mass is 418 g/mol. The Morgan fingerprint density at radius 3 is 2.58 bits per heavy atom. The fraction of sp³-hybridized carbons (Fsp3) is 0.346. The normalized spacial score (nSPS) is 15.6. The van der Waals surface area contributed by atoms with Crippen molar-refractivity contribution in [3.8, 4) is 11.8 Å². The second-order valence-electron chi connectivity index (χ2n) is 7.81. The molecule has 1 aliphatic heterocycles. The molecule has 0 fully saturated rings. The van der Waals surface area contributed by atoms with Gasteiger partial charge in [-0.2, -0.15) is 0 Å². The number of nitrogens with one attached hydrogen (secondary N) is 1. The Morgan fingerprint density at radius 2 is 1.87 bits per heavy atom. The molecule has 0 spiro atoms. The summed E-state index contributed by atoms with van der Waals surface area (Å²) in [6.45, 7) is 9.62. The van der Waals surface area contributed by atoms with Crippen LogP contribution >= 0.6 is 0 Å². The molecule has 1 N–H and O–H groups in total. The van der Waals surface area contributed by atoms with Gasteiger partial charge in [0.1, 0.15) is 0 Å². The van der Waals surface area contributed by atoms with Gasteiger partial charge in [0, 0.05) is 30.5 Å². The van der Waals surface area contributed by atoms with Crippen LogP contribution in [0.25, 0.3) is 0 Å². The second-order valence-corrected chi connectivity index (χ2v) is 7.81. The maximum absolute atomic E-state index is 13.1. The number of carbonyl (C=O) groups excluding carboxylic acids is 3.